The van der Waals surface area contributed by atoms with E-state index in [2.05, 4.69) is 15.5 Å². The molecule has 8 heteroatoms. The van der Waals surface area contributed by atoms with Gasteiger partial charge in [0.1, 0.15) is 0 Å². The summed E-state index contributed by atoms with van der Waals surface area (Å²) in [5.41, 5.74) is 1.26. The van der Waals surface area contributed by atoms with Crippen LogP contribution in [-0.4, -0.2) is 80.5 Å². The summed E-state index contributed by atoms with van der Waals surface area (Å²) >= 11 is 0. The molecule has 0 aromatic heterocycles. The zero-order chi connectivity index (χ0) is 22.8. The molecule has 2 N–H and O–H groups in total. The van der Waals surface area contributed by atoms with E-state index in [0.717, 1.165) is 32.1 Å². The van der Waals surface area contributed by atoms with Gasteiger partial charge in [0.2, 0.25) is 11.8 Å². The van der Waals surface area contributed by atoms with Crippen LogP contribution < -0.4 is 10.6 Å². The molecule has 0 atom stereocenters. The van der Waals surface area contributed by atoms with E-state index in [1.54, 1.807) is 19.2 Å². The van der Waals surface area contributed by atoms with Gasteiger partial charge in [-0.25, -0.2) is 0 Å². The number of methoxy groups -OCH3 is 1. The van der Waals surface area contributed by atoms with Gasteiger partial charge >= 0.3 is 0 Å². The number of amides is 3. The van der Waals surface area contributed by atoms with Gasteiger partial charge in [-0.15, -0.1) is 0 Å². The van der Waals surface area contributed by atoms with Crippen LogP contribution in [0.1, 0.15) is 48.9 Å². The Hall–Kier alpha value is -2.45. The Morgan fingerprint density at radius 3 is 2.53 bits per heavy atom. The summed E-state index contributed by atoms with van der Waals surface area (Å²) in [6, 6.07) is 7.20. The van der Waals surface area contributed by atoms with Crippen LogP contribution in [0.2, 0.25) is 0 Å². The molecular weight excluding hydrogens is 408 g/mol. The molecule has 0 unspecified atom stereocenters. The largest absolute Gasteiger partial charge is 0.385 e. The molecule has 1 aliphatic carbocycles. The first kappa shape index (κ1) is 24.2. The standard InChI is InChI=1S/C24H36N4O4/c1-32-16-6-11-25-22(29)18-27-12-14-28(15-13-27)24(31)20-9-5-10-21(17-20)26-23(30)19-7-3-2-4-8-19/h5,9-10,17,19H,2-4,6-8,11-16,18H2,1H3,(H,25,29)(H,26,30). The van der Waals surface area contributed by atoms with Crippen LogP contribution in [-0.2, 0) is 14.3 Å². The zero-order valence-corrected chi connectivity index (χ0v) is 19.1. The molecule has 0 spiro atoms. The van der Waals surface area contributed by atoms with Gasteiger partial charge in [0.25, 0.3) is 5.91 Å². The Balaban J connectivity index is 1.45. The number of ether oxygens (including phenoxy) is 1. The molecule has 1 saturated carbocycles. The van der Waals surface area contributed by atoms with Crippen molar-refractivity contribution in [3.05, 3.63) is 29.8 Å². The summed E-state index contributed by atoms with van der Waals surface area (Å²) in [5.74, 6) is 0.0986. The van der Waals surface area contributed by atoms with Gasteiger partial charge in [-0.05, 0) is 37.5 Å². The number of carbonyl (C=O) groups is 3. The highest BCUT2D eigenvalue weighted by Gasteiger charge is 2.24. The molecule has 1 aromatic rings. The smallest absolute Gasteiger partial charge is 0.254 e. The quantitative estimate of drug-likeness (QED) is 0.570. The maximum atomic E-state index is 13.0. The normalized spacial score (nSPS) is 17.7. The van der Waals surface area contributed by atoms with Crippen molar-refractivity contribution >= 4 is 23.4 Å². The molecule has 0 radical (unpaired) electrons. The van der Waals surface area contributed by atoms with Gasteiger partial charge in [-0.1, -0.05) is 25.3 Å². The highest BCUT2D eigenvalue weighted by atomic mass is 16.5. The average Bonchev–Trinajstić information content (AvgIpc) is 2.82. The van der Waals surface area contributed by atoms with E-state index in [-0.39, 0.29) is 23.6 Å². The third-order valence-electron chi connectivity index (χ3n) is 6.23. The molecule has 2 aliphatic rings. The molecule has 8 nitrogen and oxygen atoms in total. The lowest BCUT2D eigenvalue weighted by molar-refractivity contribution is -0.122. The van der Waals surface area contributed by atoms with Crippen LogP contribution >= 0.6 is 0 Å². The number of rotatable bonds is 9. The number of carbonyl (C=O) groups excluding carboxylic acids is 3. The van der Waals surface area contributed by atoms with Gasteiger partial charge in [0.15, 0.2) is 0 Å². The van der Waals surface area contributed by atoms with Crippen LogP contribution in [0.4, 0.5) is 5.69 Å². The van der Waals surface area contributed by atoms with Crippen molar-refractivity contribution in [1.29, 1.82) is 0 Å². The number of hydrogen-bond donors (Lipinski definition) is 2. The van der Waals surface area contributed by atoms with E-state index in [4.69, 9.17) is 4.74 Å². The van der Waals surface area contributed by atoms with Gasteiger partial charge in [0.05, 0.1) is 6.54 Å². The zero-order valence-electron chi connectivity index (χ0n) is 19.1. The summed E-state index contributed by atoms with van der Waals surface area (Å²) in [7, 11) is 1.65. The van der Waals surface area contributed by atoms with Crippen molar-refractivity contribution in [2.75, 3.05) is 58.3 Å². The molecular formula is C24H36N4O4. The lowest BCUT2D eigenvalue weighted by atomic mass is 9.88. The number of anilines is 1. The molecule has 1 heterocycles. The van der Waals surface area contributed by atoms with Crippen molar-refractivity contribution < 1.29 is 19.1 Å². The Morgan fingerprint density at radius 1 is 1.06 bits per heavy atom. The first-order chi connectivity index (χ1) is 15.6. The number of nitrogens with one attached hydrogen (secondary N) is 2. The Labute approximate surface area is 190 Å². The van der Waals surface area contributed by atoms with E-state index in [9.17, 15) is 14.4 Å². The first-order valence-corrected chi connectivity index (χ1v) is 11.7. The van der Waals surface area contributed by atoms with E-state index < -0.39 is 0 Å². The fourth-order valence-electron chi connectivity index (χ4n) is 4.33. The number of piperazine rings is 1. The average molecular weight is 445 g/mol. The lowest BCUT2D eigenvalue weighted by Crippen LogP contribution is -2.51. The molecule has 176 valence electrons. The first-order valence-electron chi connectivity index (χ1n) is 11.7. The highest BCUT2D eigenvalue weighted by molar-refractivity contribution is 5.97. The monoisotopic (exact) mass is 444 g/mol. The highest BCUT2D eigenvalue weighted by Crippen LogP contribution is 2.25. The fourth-order valence-corrected chi connectivity index (χ4v) is 4.33. The van der Waals surface area contributed by atoms with E-state index in [1.165, 1.54) is 6.42 Å². The summed E-state index contributed by atoms with van der Waals surface area (Å²) in [4.78, 5) is 41.4. The van der Waals surface area contributed by atoms with Crippen LogP contribution in [0.3, 0.4) is 0 Å². The van der Waals surface area contributed by atoms with E-state index >= 15 is 0 Å². The van der Waals surface area contributed by atoms with Crippen LogP contribution in [0.5, 0.6) is 0 Å². The minimum Gasteiger partial charge on any atom is -0.385 e. The second-order valence-corrected chi connectivity index (χ2v) is 8.67. The summed E-state index contributed by atoms with van der Waals surface area (Å²) in [6.45, 7) is 4.07. The SMILES string of the molecule is COCCCNC(=O)CN1CCN(C(=O)c2cccc(NC(=O)C3CCCCC3)c2)CC1. The molecule has 1 saturated heterocycles. The molecule has 0 bridgehead atoms. The molecule has 32 heavy (non-hydrogen) atoms. The van der Waals surface area contributed by atoms with E-state index in [1.807, 2.05) is 17.0 Å². The topological polar surface area (TPSA) is 91.0 Å². The maximum absolute atomic E-state index is 13.0. The van der Waals surface area contributed by atoms with Gasteiger partial charge in [-0.2, -0.15) is 0 Å². The predicted octanol–water partition coefficient (Wildman–Crippen LogP) is 2.12. The fraction of sp³-hybridized carbons (Fsp3) is 0.625. The van der Waals surface area contributed by atoms with Crippen molar-refractivity contribution in [2.45, 2.75) is 38.5 Å². The Kier molecular flexibility index (Phi) is 9.49. The second kappa shape index (κ2) is 12.6. The summed E-state index contributed by atoms with van der Waals surface area (Å²) in [6.07, 6.45) is 6.11. The summed E-state index contributed by atoms with van der Waals surface area (Å²) < 4.78 is 4.98. The van der Waals surface area contributed by atoms with Gasteiger partial charge in [0, 0.05) is 63.6 Å². The van der Waals surface area contributed by atoms with Crippen molar-refractivity contribution in [3.63, 3.8) is 0 Å². The van der Waals surface area contributed by atoms with Gasteiger partial charge < -0.3 is 20.3 Å². The minimum atomic E-state index is -0.0394. The van der Waals surface area contributed by atoms with E-state index in [0.29, 0.717) is 57.1 Å². The minimum absolute atomic E-state index is 0.00212. The molecule has 1 aromatic carbocycles. The Morgan fingerprint density at radius 2 is 1.81 bits per heavy atom. The van der Waals surface area contributed by atoms with Crippen LogP contribution in [0, 0.1) is 5.92 Å². The van der Waals surface area contributed by atoms with Crippen LogP contribution in [0.15, 0.2) is 24.3 Å². The number of nitrogens with zero attached hydrogens (tertiary/aromatic N) is 2. The molecule has 3 amide bonds. The maximum Gasteiger partial charge on any atom is 0.254 e. The Bertz CT molecular complexity index is 771. The van der Waals surface area contributed by atoms with Gasteiger partial charge in [-0.3, -0.25) is 19.3 Å². The van der Waals surface area contributed by atoms with Crippen molar-refractivity contribution in [3.8, 4) is 0 Å². The van der Waals surface area contributed by atoms with Crippen LogP contribution in [0.25, 0.3) is 0 Å². The third kappa shape index (κ3) is 7.31. The lowest BCUT2D eigenvalue weighted by Gasteiger charge is -2.34. The summed E-state index contributed by atoms with van der Waals surface area (Å²) in [5, 5.41) is 5.89. The third-order valence-corrected chi connectivity index (χ3v) is 6.23. The number of benzene rings is 1. The molecule has 1 aliphatic heterocycles. The second-order valence-electron chi connectivity index (χ2n) is 8.67. The molecule has 2 fully saturated rings. The van der Waals surface area contributed by atoms with Crippen molar-refractivity contribution in [1.82, 2.24) is 15.1 Å². The van der Waals surface area contributed by atoms with Crippen molar-refractivity contribution in [2.24, 2.45) is 5.92 Å². The molecule has 3 rings (SSSR count). The number of hydrogen-bond acceptors (Lipinski definition) is 5. The predicted molar refractivity (Wildman–Crippen MR) is 123 cm³/mol.